The summed E-state index contributed by atoms with van der Waals surface area (Å²) in [6.07, 6.45) is -12.3. The number of aliphatic hydroxyl groups is 5. The molecule has 0 rings (SSSR count). The van der Waals surface area contributed by atoms with Crippen molar-refractivity contribution in [2.75, 3.05) is 13.1 Å². The second-order valence-corrected chi connectivity index (χ2v) is 1.65. The van der Waals surface area contributed by atoms with E-state index in [9.17, 15) is 15.0 Å². The number of hydrogen-bond acceptors (Lipinski definition) is 6. The number of rotatable bonds is 5. The van der Waals surface area contributed by atoms with Crippen LogP contribution in [0.1, 0.15) is 8.22 Å². The van der Waals surface area contributed by atoms with Crippen molar-refractivity contribution in [2.45, 2.75) is 18.2 Å². The first kappa shape index (κ1) is 4.64. The van der Waals surface area contributed by atoms with E-state index >= 15 is 0 Å². The van der Waals surface area contributed by atoms with Gasteiger partial charge < -0.3 is 25.5 Å². The average molecular weight is 186 g/mol. The zero-order chi connectivity index (χ0) is 15.2. The molecule has 0 aromatic carbocycles. The predicted octanol–water partition coefficient (Wildman–Crippen LogP) is -3.38. The van der Waals surface area contributed by atoms with E-state index in [0.717, 1.165) is 0 Å². The molecule has 1 unspecified atom stereocenters. The molecule has 0 aromatic heterocycles. The topological polar surface area (TPSA) is 118 Å². The molecule has 0 saturated heterocycles. The van der Waals surface area contributed by atoms with Crippen LogP contribution in [0.3, 0.4) is 0 Å². The van der Waals surface area contributed by atoms with Gasteiger partial charge in [-0.15, -0.1) is 0 Å². The molecule has 0 aromatic rings. The fourth-order valence-corrected chi connectivity index (χ4v) is 0.343. The van der Waals surface area contributed by atoms with Crippen LogP contribution in [0.25, 0.3) is 0 Å². The average Bonchev–Trinajstić information content (AvgIpc) is 2.14. The largest absolute Gasteiger partial charge is 0.394 e. The Morgan fingerprint density at radius 1 is 1.42 bits per heavy atom. The van der Waals surface area contributed by atoms with Crippen molar-refractivity contribution in [1.29, 1.82) is 0 Å². The van der Waals surface area contributed by atoms with E-state index < -0.39 is 37.2 Å². The van der Waals surface area contributed by atoms with Crippen LogP contribution < -0.4 is 0 Å². The third-order valence-corrected chi connectivity index (χ3v) is 0.906. The van der Waals surface area contributed by atoms with Gasteiger partial charge in [0.05, 0.1) is 14.8 Å². The third kappa shape index (κ3) is 2.84. The Labute approximate surface area is 77.1 Å². The van der Waals surface area contributed by atoms with Crippen LogP contribution in [0.5, 0.6) is 0 Å². The fourth-order valence-electron chi connectivity index (χ4n) is 0.343. The number of carbonyl (C=O) groups is 1. The first-order valence-corrected chi connectivity index (χ1v) is 2.65. The molecule has 0 radical (unpaired) electrons. The van der Waals surface area contributed by atoms with Gasteiger partial charge in [0.2, 0.25) is 0 Å². The lowest BCUT2D eigenvalue weighted by Crippen LogP contribution is -2.44. The molecule has 0 aliphatic heterocycles. The molecule has 5 N–H and O–H groups in total. The molecule has 0 spiro atoms. The van der Waals surface area contributed by atoms with Crippen LogP contribution in [-0.4, -0.2) is 62.7 Å². The van der Waals surface area contributed by atoms with Crippen LogP contribution in [0.4, 0.5) is 0 Å². The highest BCUT2D eigenvalue weighted by Gasteiger charge is 2.28. The minimum absolute atomic E-state index is 2.45. The van der Waals surface area contributed by atoms with Crippen molar-refractivity contribution < 1.29 is 38.6 Å². The summed E-state index contributed by atoms with van der Waals surface area (Å²) < 4.78 is 40.4. The highest BCUT2D eigenvalue weighted by molar-refractivity contribution is 5.84. The number of carbonyl (C=O) groups excluding carboxylic acids is 1. The standard InChI is InChI=1S/C6H12O6/c7-1-3(9)5(11)6(12)4(10)2-8/h3,5-9,11-12H,1-2H2/t3-,5-,6+/m1/s1/i1D,2D2,3D,5D,6D/t1?,3-,5-,6+. The van der Waals surface area contributed by atoms with Crippen molar-refractivity contribution in [2.24, 2.45) is 0 Å². The maximum absolute atomic E-state index is 11.1. The van der Waals surface area contributed by atoms with Crippen LogP contribution in [0.15, 0.2) is 0 Å². The minimum Gasteiger partial charge on any atom is -0.394 e. The molecule has 4 atom stereocenters. The Morgan fingerprint density at radius 2 is 1.92 bits per heavy atom. The zero-order valence-electron chi connectivity index (χ0n) is 11.7. The predicted molar refractivity (Wildman–Crippen MR) is 37.2 cm³/mol. The lowest BCUT2D eigenvalue weighted by atomic mass is 10.1. The minimum atomic E-state index is -4.20. The van der Waals surface area contributed by atoms with E-state index in [0.29, 0.717) is 0 Å². The van der Waals surface area contributed by atoms with Gasteiger partial charge in [-0.2, -0.15) is 0 Å². The highest BCUT2D eigenvalue weighted by atomic mass is 16.4. The van der Waals surface area contributed by atoms with Crippen LogP contribution in [-0.2, 0) is 4.79 Å². The van der Waals surface area contributed by atoms with Gasteiger partial charge in [0, 0.05) is 0 Å². The Kier molecular flexibility index (Phi) is 2.00. The summed E-state index contributed by atoms with van der Waals surface area (Å²) >= 11 is 0. The molecule has 72 valence electrons. The van der Waals surface area contributed by atoms with Gasteiger partial charge in [-0.1, -0.05) is 0 Å². The van der Waals surface area contributed by atoms with Crippen LogP contribution in [0.2, 0.25) is 0 Å². The Morgan fingerprint density at radius 3 is 2.25 bits per heavy atom. The quantitative estimate of drug-likeness (QED) is 0.306. The number of ketones is 1. The number of aliphatic hydroxyl groups excluding tert-OH is 1. The van der Waals surface area contributed by atoms with Gasteiger partial charge in [0.25, 0.3) is 0 Å². The van der Waals surface area contributed by atoms with Gasteiger partial charge in [-0.05, 0) is 0 Å². The summed E-state index contributed by atoms with van der Waals surface area (Å²) in [5, 5.41) is 44.9. The van der Waals surface area contributed by atoms with Gasteiger partial charge in [-0.25, -0.2) is 0 Å². The first-order valence-electron chi connectivity index (χ1n) is 5.72. The normalized spacial score (nSPS) is 37.4. The summed E-state index contributed by atoms with van der Waals surface area (Å²) in [5.74, 6) is -2.45. The summed E-state index contributed by atoms with van der Waals surface area (Å²) in [6.45, 7) is -6.75. The first-order chi connectivity index (χ1) is 7.60. The van der Waals surface area contributed by atoms with E-state index in [1.165, 1.54) is 0 Å². The van der Waals surface area contributed by atoms with Gasteiger partial charge in [0.1, 0.15) is 24.8 Å². The molecule has 12 heavy (non-hydrogen) atoms. The molecule has 0 amide bonds. The van der Waals surface area contributed by atoms with Crippen molar-refractivity contribution in [1.82, 2.24) is 0 Å². The van der Waals surface area contributed by atoms with E-state index in [4.69, 9.17) is 23.5 Å². The highest BCUT2D eigenvalue weighted by Crippen LogP contribution is 2.00. The maximum atomic E-state index is 11.1. The van der Waals surface area contributed by atoms with Crippen molar-refractivity contribution in [3.05, 3.63) is 0 Å². The molecule has 0 fully saturated rings. The molecule has 0 heterocycles. The van der Waals surface area contributed by atoms with E-state index in [1.807, 2.05) is 0 Å². The maximum Gasteiger partial charge on any atom is 0.189 e. The molecule has 0 aliphatic carbocycles. The van der Waals surface area contributed by atoms with Crippen LogP contribution in [0, 0.1) is 0 Å². The van der Waals surface area contributed by atoms with Crippen LogP contribution >= 0.6 is 0 Å². The van der Waals surface area contributed by atoms with E-state index in [2.05, 4.69) is 0 Å². The molecule has 6 nitrogen and oxygen atoms in total. The lowest BCUT2D eigenvalue weighted by molar-refractivity contribution is -0.142. The van der Waals surface area contributed by atoms with Crippen molar-refractivity contribution in [3.63, 3.8) is 0 Å². The zero-order valence-corrected chi connectivity index (χ0v) is 5.72. The molecular formula is C6H12O6. The molecule has 0 saturated carbocycles. The summed E-state index contributed by atoms with van der Waals surface area (Å²) in [6, 6.07) is 0. The van der Waals surface area contributed by atoms with E-state index in [1.54, 1.807) is 0 Å². The third-order valence-electron chi connectivity index (χ3n) is 0.906. The smallest absolute Gasteiger partial charge is 0.189 e. The molecule has 6 heteroatoms. The van der Waals surface area contributed by atoms with Gasteiger partial charge in [0.15, 0.2) is 5.78 Å². The second kappa shape index (κ2) is 5.18. The number of Topliss-reactive ketones (excluding diaryl/α,β-unsaturated/α-hetero) is 1. The Bertz CT molecular complexity index is 334. The van der Waals surface area contributed by atoms with E-state index in [-0.39, 0.29) is 0 Å². The lowest BCUT2D eigenvalue weighted by Gasteiger charge is -2.19. The second-order valence-electron chi connectivity index (χ2n) is 1.65. The summed E-state index contributed by atoms with van der Waals surface area (Å²) in [4.78, 5) is 11.1. The molecule has 0 bridgehead atoms. The van der Waals surface area contributed by atoms with Gasteiger partial charge in [-0.3, -0.25) is 4.79 Å². The fraction of sp³-hybridized carbons (Fsp3) is 0.833. The Hall–Kier alpha value is -0.530. The summed E-state index contributed by atoms with van der Waals surface area (Å²) in [5.41, 5.74) is 0. The number of hydrogen-bond donors (Lipinski definition) is 5. The molecular weight excluding hydrogens is 168 g/mol. The summed E-state index contributed by atoms with van der Waals surface area (Å²) in [7, 11) is 0. The molecule has 0 aliphatic rings. The van der Waals surface area contributed by atoms with Crippen molar-refractivity contribution >= 4 is 5.78 Å². The monoisotopic (exact) mass is 186 g/mol. The Balaban J connectivity index is 5.68. The SMILES string of the molecule is [2H]C(O)[C@@]([2H])(O)[C@@]([2H])(O)[C@@]([2H])(O)C(=O)C([2H])([2H])O. The van der Waals surface area contributed by atoms with Crippen molar-refractivity contribution in [3.8, 4) is 0 Å². The van der Waals surface area contributed by atoms with Gasteiger partial charge >= 0.3 is 0 Å².